The van der Waals surface area contributed by atoms with Gasteiger partial charge in [-0.1, -0.05) is 45.9 Å². The molecule has 1 aromatic carbocycles. The minimum atomic E-state index is -4.44. The van der Waals surface area contributed by atoms with Crippen molar-refractivity contribution in [3.63, 3.8) is 0 Å². The number of nitrogens with two attached hydrogens (primary N) is 1. The summed E-state index contributed by atoms with van der Waals surface area (Å²) in [5.41, 5.74) is 4.34. The van der Waals surface area contributed by atoms with Crippen LogP contribution >= 0.6 is 7.75 Å². The van der Waals surface area contributed by atoms with Crippen LogP contribution in [-0.2, 0) is 48.0 Å². The van der Waals surface area contributed by atoms with E-state index in [1.54, 1.807) is 64.1 Å². The molecule has 1 aliphatic heterocycles. The zero-order chi connectivity index (χ0) is 36.2. The average molecular weight is 713 g/mol. The third-order valence-corrected chi connectivity index (χ3v) is 9.93. The van der Waals surface area contributed by atoms with Crippen molar-refractivity contribution in [2.75, 3.05) is 12.3 Å². The van der Waals surface area contributed by atoms with Gasteiger partial charge in [0.2, 0.25) is 5.60 Å². The van der Waals surface area contributed by atoms with Crippen molar-refractivity contribution in [2.24, 2.45) is 11.8 Å². The first-order chi connectivity index (χ1) is 23.8. The lowest BCUT2D eigenvalue weighted by atomic mass is 9.92. The number of nitrogen functional groups attached to an aromatic ring is 1. The van der Waals surface area contributed by atoms with Crippen LogP contribution in [0.2, 0.25) is 0 Å². The Morgan fingerprint density at radius 3 is 2.34 bits per heavy atom. The molecule has 3 aromatic rings. The SMILES string of the molecule is CC(C)C(=O)O[C@H]1[C@@H](OC(=O)C(C)C)[C@](C#N)(c2ccc3c(N)ncnn23)O[C@@H]1COP(=O)(N[C@@H](C)C(=O)OC1CCC1)Oc1ccccc1. The highest BCUT2D eigenvalue weighted by Gasteiger charge is 2.63. The summed E-state index contributed by atoms with van der Waals surface area (Å²) in [4.78, 5) is 43.1. The van der Waals surface area contributed by atoms with Gasteiger partial charge in [-0.3, -0.25) is 18.9 Å². The molecule has 1 unspecified atom stereocenters. The van der Waals surface area contributed by atoms with Crippen molar-refractivity contribution < 1.29 is 46.9 Å². The second-order valence-electron chi connectivity index (χ2n) is 12.8. The topological polar surface area (TPSA) is 216 Å². The minimum Gasteiger partial charge on any atom is -0.461 e. The van der Waals surface area contributed by atoms with E-state index in [4.69, 9.17) is 33.7 Å². The van der Waals surface area contributed by atoms with Gasteiger partial charge in [-0.25, -0.2) is 14.1 Å². The molecular formula is C33H41N6O10P. The standard InChI is InChI=1S/C33H41N6O10P/c1-19(2)30(40)46-27-25(16-44-50(43,49-23-10-7-6-8-11-23)38-21(5)32(42)45-22-12-9-13-22)48-33(17-34,28(27)47-31(41)20(3)4)26-15-14-24-29(35)36-18-37-39(24)26/h6-8,10-11,14-15,18-22,25,27-28H,9,12-13,16H2,1-5H3,(H,38,43)(H2,35,36,37)/t21-,25+,27+,28+,33-,50?/m0/s1. The Kier molecular flexibility index (Phi) is 11.1. The van der Waals surface area contributed by atoms with Crippen LogP contribution in [-0.4, -0.2) is 69.6 Å². The number of anilines is 1. The highest BCUT2D eigenvalue weighted by atomic mass is 31.2. The fraction of sp³-hybridized carbons (Fsp3) is 0.515. The molecule has 16 nitrogen and oxygen atoms in total. The molecule has 1 saturated carbocycles. The number of ether oxygens (including phenoxy) is 4. The molecule has 1 aliphatic carbocycles. The minimum absolute atomic E-state index is 0.0907. The van der Waals surface area contributed by atoms with E-state index < -0.39 is 74.1 Å². The van der Waals surface area contributed by atoms with Gasteiger partial charge in [-0.15, -0.1) is 0 Å². The van der Waals surface area contributed by atoms with Gasteiger partial charge in [0.15, 0.2) is 18.0 Å². The van der Waals surface area contributed by atoms with Gasteiger partial charge in [0, 0.05) is 0 Å². The fourth-order valence-corrected chi connectivity index (χ4v) is 6.76. The molecule has 3 N–H and O–H groups in total. The molecule has 2 aromatic heterocycles. The van der Waals surface area contributed by atoms with Gasteiger partial charge in [-0.05, 0) is 50.5 Å². The van der Waals surface area contributed by atoms with E-state index in [1.165, 1.54) is 23.8 Å². The number of rotatable bonds is 14. The number of nitrogens with one attached hydrogen (secondary N) is 1. The molecule has 5 rings (SSSR count). The molecule has 0 radical (unpaired) electrons. The summed E-state index contributed by atoms with van der Waals surface area (Å²) >= 11 is 0. The molecule has 0 amide bonds. The average Bonchev–Trinajstić information content (AvgIpc) is 3.62. The summed E-state index contributed by atoms with van der Waals surface area (Å²) in [6, 6.07) is 12.2. The quantitative estimate of drug-likeness (QED) is 0.138. The highest BCUT2D eigenvalue weighted by molar-refractivity contribution is 7.52. The summed E-state index contributed by atoms with van der Waals surface area (Å²) in [7, 11) is -4.44. The van der Waals surface area contributed by atoms with Crippen molar-refractivity contribution in [2.45, 2.75) is 89.9 Å². The van der Waals surface area contributed by atoms with Gasteiger partial charge in [0.05, 0.1) is 24.1 Å². The lowest BCUT2D eigenvalue weighted by Crippen LogP contribution is -2.47. The molecule has 0 bridgehead atoms. The molecule has 6 atom stereocenters. The largest absolute Gasteiger partial charge is 0.461 e. The number of benzene rings is 1. The molecule has 268 valence electrons. The number of nitrogens with zero attached hydrogens (tertiary/aromatic N) is 4. The predicted octanol–water partition coefficient (Wildman–Crippen LogP) is 3.84. The van der Waals surface area contributed by atoms with Gasteiger partial charge in [0.1, 0.15) is 41.9 Å². The van der Waals surface area contributed by atoms with E-state index in [-0.39, 0.29) is 23.4 Å². The number of hydrogen-bond donors (Lipinski definition) is 2. The summed E-state index contributed by atoms with van der Waals surface area (Å²) in [5.74, 6) is -3.07. The maximum absolute atomic E-state index is 14.4. The molecule has 0 spiro atoms. The first-order valence-electron chi connectivity index (χ1n) is 16.3. The Bertz CT molecular complexity index is 1790. The van der Waals surface area contributed by atoms with Crippen LogP contribution in [0.4, 0.5) is 5.82 Å². The van der Waals surface area contributed by atoms with Crippen LogP contribution in [0.1, 0.15) is 59.6 Å². The first-order valence-corrected chi connectivity index (χ1v) is 17.9. The summed E-state index contributed by atoms with van der Waals surface area (Å²) < 4.78 is 51.0. The van der Waals surface area contributed by atoms with Crippen LogP contribution in [0.5, 0.6) is 5.75 Å². The smallest absolute Gasteiger partial charge is 0.459 e. The maximum atomic E-state index is 14.4. The van der Waals surface area contributed by atoms with E-state index in [1.807, 2.05) is 0 Å². The first kappa shape index (κ1) is 36.7. The Morgan fingerprint density at radius 1 is 1.04 bits per heavy atom. The number of fused-ring (bicyclic) bond motifs is 1. The summed E-state index contributed by atoms with van der Waals surface area (Å²) in [5, 5.41) is 17.7. The molecule has 50 heavy (non-hydrogen) atoms. The molecule has 1 saturated heterocycles. The highest BCUT2D eigenvalue weighted by Crippen LogP contribution is 2.48. The van der Waals surface area contributed by atoms with Crippen LogP contribution < -0.4 is 15.3 Å². The van der Waals surface area contributed by atoms with Crippen LogP contribution in [0.15, 0.2) is 48.8 Å². The number of carbonyl (C=O) groups excluding carboxylic acids is 3. The van der Waals surface area contributed by atoms with E-state index in [9.17, 15) is 24.2 Å². The van der Waals surface area contributed by atoms with E-state index in [2.05, 4.69) is 21.2 Å². The molecule has 2 aliphatic rings. The van der Waals surface area contributed by atoms with Gasteiger partial charge in [-0.2, -0.15) is 15.4 Å². The third-order valence-electron chi connectivity index (χ3n) is 8.29. The Labute approximate surface area is 289 Å². The Hall–Kier alpha value is -4.55. The van der Waals surface area contributed by atoms with Gasteiger partial charge >= 0.3 is 25.7 Å². The van der Waals surface area contributed by atoms with Crippen LogP contribution in [0.25, 0.3) is 5.52 Å². The number of nitriles is 1. The van der Waals surface area contributed by atoms with E-state index in [0.717, 1.165) is 19.3 Å². The monoisotopic (exact) mass is 712 g/mol. The lowest BCUT2D eigenvalue weighted by Gasteiger charge is -2.29. The Morgan fingerprint density at radius 2 is 1.72 bits per heavy atom. The molecule has 17 heteroatoms. The second-order valence-corrected chi connectivity index (χ2v) is 14.5. The zero-order valence-corrected chi connectivity index (χ0v) is 29.3. The van der Waals surface area contributed by atoms with Crippen molar-refractivity contribution in [3.05, 3.63) is 54.5 Å². The lowest BCUT2D eigenvalue weighted by molar-refractivity contribution is -0.173. The molecule has 3 heterocycles. The number of hydrogen-bond acceptors (Lipinski definition) is 14. The normalized spacial score (nSPS) is 23.8. The Balaban J connectivity index is 1.53. The fourth-order valence-electron chi connectivity index (χ4n) is 5.26. The van der Waals surface area contributed by atoms with Crippen molar-refractivity contribution >= 4 is 37.0 Å². The van der Waals surface area contributed by atoms with E-state index >= 15 is 0 Å². The van der Waals surface area contributed by atoms with Crippen LogP contribution in [0, 0.1) is 23.2 Å². The van der Waals surface area contributed by atoms with Crippen molar-refractivity contribution in [1.82, 2.24) is 19.7 Å². The zero-order valence-electron chi connectivity index (χ0n) is 28.4. The summed E-state index contributed by atoms with van der Waals surface area (Å²) in [6.07, 6.45) is -1.02. The molecular weight excluding hydrogens is 671 g/mol. The van der Waals surface area contributed by atoms with E-state index in [0.29, 0.717) is 5.52 Å². The number of esters is 3. The van der Waals surface area contributed by atoms with Crippen molar-refractivity contribution in [1.29, 1.82) is 5.26 Å². The maximum Gasteiger partial charge on any atom is 0.459 e. The number of aromatic nitrogens is 3. The van der Waals surface area contributed by atoms with Crippen LogP contribution in [0.3, 0.4) is 0 Å². The second kappa shape index (κ2) is 15.1. The predicted molar refractivity (Wildman–Crippen MR) is 176 cm³/mol. The number of para-hydroxylation sites is 1. The van der Waals surface area contributed by atoms with Gasteiger partial charge < -0.3 is 29.2 Å². The third kappa shape index (κ3) is 7.76. The number of carbonyl (C=O) groups is 3. The van der Waals surface area contributed by atoms with Crippen molar-refractivity contribution in [3.8, 4) is 11.8 Å². The molecule has 2 fully saturated rings. The van der Waals surface area contributed by atoms with Gasteiger partial charge in [0.25, 0.3) is 0 Å². The summed E-state index contributed by atoms with van der Waals surface area (Å²) in [6.45, 7) is 7.24.